The van der Waals surface area contributed by atoms with Crippen LogP contribution in [-0.4, -0.2) is 97.6 Å². The summed E-state index contributed by atoms with van der Waals surface area (Å²) >= 11 is 0. The summed E-state index contributed by atoms with van der Waals surface area (Å²) < 4.78 is 63.4. The first-order valence-corrected chi connectivity index (χ1v) is 19.2. The first-order chi connectivity index (χ1) is 28.2. The normalized spacial score (nSPS) is 18.8. The Balaban J connectivity index is 0.837. The van der Waals surface area contributed by atoms with Crippen LogP contribution in [0.5, 0.6) is 11.5 Å². The van der Waals surface area contributed by atoms with E-state index in [4.69, 9.17) is 24.2 Å². The van der Waals surface area contributed by atoms with E-state index in [0.717, 1.165) is 35.4 Å². The van der Waals surface area contributed by atoms with Gasteiger partial charge < -0.3 is 29.2 Å². The van der Waals surface area contributed by atoms with Crippen LogP contribution in [0.15, 0.2) is 60.7 Å². The van der Waals surface area contributed by atoms with Gasteiger partial charge in [-0.25, -0.2) is 0 Å². The summed E-state index contributed by atoms with van der Waals surface area (Å²) in [5.41, 5.74) is -0.635. The van der Waals surface area contributed by atoms with Gasteiger partial charge in [-0.1, -0.05) is 32.0 Å². The van der Waals surface area contributed by atoms with Crippen molar-refractivity contribution in [1.29, 1.82) is 5.26 Å². The lowest BCUT2D eigenvalue weighted by Gasteiger charge is -2.27. The molecule has 3 aromatic carbocycles. The summed E-state index contributed by atoms with van der Waals surface area (Å²) in [6, 6.07) is 15.8. The average molecular weight is 820 g/mol. The number of imide groups is 2. The monoisotopic (exact) mass is 819 g/mol. The number of likely N-dealkylation sites (tertiary alicyclic amines) is 1. The molecule has 59 heavy (non-hydrogen) atoms. The molecule has 0 aliphatic carbocycles. The summed E-state index contributed by atoms with van der Waals surface area (Å²) in [6.45, 7) is 6.64. The Morgan fingerprint density at radius 2 is 1.61 bits per heavy atom. The molecular weight excluding hydrogens is 775 g/mol. The molecule has 1 unspecified atom stereocenters. The van der Waals surface area contributed by atoms with E-state index < -0.39 is 58.5 Å². The van der Waals surface area contributed by atoms with E-state index in [-0.39, 0.29) is 42.2 Å². The molecule has 2 fully saturated rings. The summed E-state index contributed by atoms with van der Waals surface area (Å²) in [4.78, 5) is 66.0. The summed E-state index contributed by atoms with van der Waals surface area (Å²) in [5.74, 6) is -2.06. The van der Waals surface area contributed by atoms with Crippen LogP contribution in [0, 0.1) is 16.7 Å². The van der Waals surface area contributed by atoms with Crippen molar-refractivity contribution in [2.75, 3.05) is 51.4 Å². The summed E-state index contributed by atoms with van der Waals surface area (Å²) in [5, 5.41) is 14.4. The number of unbranched alkanes of at least 4 members (excludes halogenated alkanes) is 1. The van der Waals surface area contributed by atoms with Crippen molar-refractivity contribution in [3.63, 3.8) is 0 Å². The number of piperidine rings is 1. The molecule has 0 spiro atoms. The number of anilines is 1. The Bertz CT molecular complexity index is 2120. The van der Waals surface area contributed by atoms with Gasteiger partial charge in [-0.15, -0.1) is 0 Å². The third kappa shape index (κ3) is 10.0. The molecule has 2 atom stereocenters. The minimum Gasteiger partial charge on any atom is -0.494 e. The van der Waals surface area contributed by atoms with E-state index >= 15 is 0 Å². The second-order valence-electron chi connectivity index (χ2n) is 15.0. The number of benzene rings is 3. The molecular formula is C42H44F3N5O9. The molecule has 5 amide bonds. The van der Waals surface area contributed by atoms with Crippen molar-refractivity contribution in [3.05, 3.63) is 88.5 Å². The molecule has 2 N–H and O–H groups in total. The highest BCUT2D eigenvalue weighted by atomic mass is 19.4. The lowest BCUT2D eigenvalue weighted by molar-refractivity contribution is -0.138. The number of ether oxygens (including phenoxy) is 4. The smallest absolute Gasteiger partial charge is 0.417 e. The molecule has 6 rings (SSSR count). The molecule has 17 heteroatoms. The number of alkyl halides is 3. The zero-order valence-corrected chi connectivity index (χ0v) is 32.6. The van der Waals surface area contributed by atoms with Crippen molar-refractivity contribution in [2.45, 2.75) is 64.4 Å². The van der Waals surface area contributed by atoms with Crippen LogP contribution < -0.4 is 20.1 Å². The number of halogens is 3. The molecule has 14 nitrogen and oxygen atoms in total. The van der Waals surface area contributed by atoms with Gasteiger partial charge in [0.25, 0.3) is 17.7 Å². The van der Waals surface area contributed by atoms with Crippen LogP contribution in [0.1, 0.15) is 76.9 Å². The van der Waals surface area contributed by atoms with E-state index in [9.17, 15) is 37.1 Å². The highest BCUT2D eigenvalue weighted by molar-refractivity contribution is 6.25. The van der Waals surface area contributed by atoms with Crippen LogP contribution >= 0.6 is 0 Å². The first kappa shape index (κ1) is 42.6. The van der Waals surface area contributed by atoms with Gasteiger partial charge in [-0.3, -0.25) is 34.2 Å². The molecule has 312 valence electrons. The zero-order chi connectivity index (χ0) is 42.3. The predicted molar refractivity (Wildman–Crippen MR) is 204 cm³/mol. The molecule has 0 bridgehead atoms. The molecule has 0 radical (unpaired) electrons. The van der Waals surface area contributed by atoms with Crippen LogP contribution in [0.2, 0.25) is 0 Å². The summed E-state index contributed by atoms with van der Waals surface area (Å²) in [7, 11) is 0. The fourth-order valence-corrected chi connectivity index (χ4v) is 7.21. The number of rotatable bonds is 18. The number of nitriles is 1. The molecule has 3 aromatic rings. The van der Waals surface area contributed by atoms with Crippen LogP contribution in [-0.2, 0) is 36.6 Å². The highest BCUT2D eigenvalue weighted by Crippen LogP contribution is 2.38. The Morgan fingerprint density at radius 3 is 2.32 bits per heavy atom. The number of nitrogens with zero attached hydrogens (tertiary/aromatic N) is 3. The second kappa shape index (κ2) is 18.3. The lowest BCUT2D eigenvalue weighted by Crippen LogP contribution is -2.54. The molecule has 0 saturated carbocycles. The van der Waals surface area contributed by atoms with Gasteiger partial charge in [0.2, 0.25) is 11.8 Å². The van der Waals surface area contributed by atoms with Crippen molar-refractivity contribution in [3.8, 4) is 17.6 Å². The molecule has 0 aromatic heterocycles. The fraction of sp³-hybridized carbons (Fsp3) is 0.429. The van der Waals surface area contributed by atoms with Gasteiger partial charge in [-0.2, -0.15) is 18.4 Å². The van der Waals surface area contributed by atoms with Crippen molar-refractivity contribution in [2.24, 2.45) is 5.41 Å². The van der Waals surface area contributed by atoms with Gasteiger partial charge in [-0.05, 0) is 67.3 Å². The van der Waals surface area contributed by atoms with Gasteiger partial charge in [0.1, 0.15) is 17.5 Å². The van der Waals surface area contributed by atoms with E-state index in [2.05, 4.69) is 10.6 Å². The zero-order valence-electron chi connectivity index (χ0n) is 32.6. The second-order valence-corrected chi connectivity index (χ2v) is 15.0. The third-order valence-corrected chi connectivity index (χ3v) is 10.2. The Labute approximate surface area is 338 Å². The molecule has 3 heterocycles. The number of nitrogens with one attached hydrogen (secondary N) is 2. The largest absolute Gasteiger partial charge is 0.494 e. The summed E-state index contributed by atoms with van der Waals surface area (Å²) in [6.07, 6.45) is -4.11. The van der Waals surface area contributed by atoms with E-state index in [0.29, 0.717) is 57.6 Å². The van der Waals surface area contributed by atoms with Crippen LogP contribution in [0.3, 0.4) is 0 Å². The van der Waals surface area contributed by atoms with Crippen LogP contribution in [0.4, 0.5) is 18.9 Å². The van der Waals surface area contributed by atoms with Gasteiger partial charge >= 0.3 is 6.18 Å². The number of fused-ring (bicyclic) bond motifs is 1. The molecule has 3 aliphatic heterocycles. The predicted octanol–water partition coefficient (Wildman–Crippen LogP) is 5.10. The van der Waals surface area contributed by atoms with Gasteiger partial charge in [0.15, 0.2) is 6.10 Å². The maximum Gasteiger partial charge on any atom is 0.417 e. The van der Waals surface area contributed by atoms with Crippen LogP contribution in [0.25, 0.3) is 0 Å². The maximum atomic E-state index is 13.5. The van der Waals surface area contributed by atoms with Crippen molar-refractivity contribution >= 4 is 35.2 Å². The fourth-order valence-electron chi connectivity index (χ4n) is 7.21. The number of hydrogen-bond acceptors (Lipinski definition) is 11. The number of carbonyl (C=O) groups excluding carboxylic acids is 5. The van der Waals surface area contributed by atoms with E-state index in [1.54, 1.807) is 23.1 Å². The number of amides is 5. The average Bonchev–Trinajstić information content (AvgIpc) is 3.57. The van der Waals surface area contributed by atoms with Gasteiger partial charge in [0, 0.05) is 43.8 Å². The van der Waals surface area contributed by atoms with E-state index in [1.807, 2.05) is 38.1 Å². The molecule has 2 saturated heterocycles. The van der Waals surface area contributed by atoms with Crippen molar-refractivity contribution in [1.82, 2.24) is 15.1 Å². The number of hydrogen-bond donors (Lipinski definition) is 2. The first-order valence-electron chi connectivity index (χ1n) is 19.2. The SMILES string of the molecule is CC1(C)CN(Cc2ccc(OCCCCOCCOCCNc3cccc4c3C(=O)N(C3CCC(=O)NC3=O)C4=O)cc2)C(=O)[C@@H]1Oc1ccc(C#N)c(C(F)(F)F)c1. The topological polar surface area (TPSA) is 177 Å². The lowest BCUT2D eigenvalue weighted by atomic mass is 9.89. The highest BCUT2D eigenvalue weighted by Gasteiger charge is 2.49. The minimum atomic E-state index is -4.74. The quantitative estimate of drug-likeness (QED) is 0.129. The Kier molecular flexibility index (Phi) is 13.2. The minimum absolute atomic E-state index is 0.0461. The van der Waals surface area contributed by atoms with E-state index in [1.165, 1.54) is 12.1 Å². The molecule has 3 aliphatic rings. The standard InChI is InChI=1S/C42H44F3N5O9/c1-41(2)25-49(40(55)36(41)59-29-13-10-27(23-46)31(22-29)42(43,44)45)24-26-8-11-28(12-9-26)58-18-4-3-17-56-20-21-57-19-16-47-32-7-5-6-30-35(32)39(54)50(38(30)53)33-14-15-34(51)48-37(33)52/h5-13,22,33,36,47H,3-4,14-21,24-25H2,1-2H3,(H,48,51,52)/t33?,36-/m0/s1. The van der Waals surface area contributed by atoms with Gasteiger partial charge in [0.05, 0.1) is 54.8 Å². The third-order valence-electron chi connectivity index (χ3n) is 10.2. The number of carbonyl (C=O) groups is 5. The Hall–Kier alpha value is -5.99. The Morgan fingerprint density at radius 1 is 0.898 bits per heavy atom. The van der Waals surface area contributed by atoms with Crippen molar-refractivity contribution < 1.29 is 56.1 Å². The maximum absolute atomic E-state index is 13.5.